The van der Waals surface area contributed by atoms with Gasteiger partial charge in [0.05, 0.1) is 33.4 Å². The maximum atomic E-state index is 6.49. The number of pyridine rings is 2. The Morgan fingerprint density at radius 1 is 0.639 bits per heavy atom. The molecule has 0 aliphatic carbocycles. The number of benzene rings is 4. The Hall–Kier alpha value is -3.25. The minimum absolute atomic E-state index is 0. The lowest BCUT2D eigenvalue weighted by atomic mass is 10.1. The summed E-state index contributed by atoms with van der Waals surface area (Å²) in [7, 11) is 0. The summed E-state index contributed by atoms with van der Waals surface area (Å²) < 4.78 is 0. The minimum Gasteiger partial charge on any atom is -0.398 e. The third-order valence-corrected chi connectivity index (χ3v) is 7.24. The first-order valence-corrected chi connectivity index (χ1v) is 12.6. The lowest BCUT2D eigenvalue weighted by molar-refractivity contribution is 1.23. The van der Waals surface area contributed by atoms with Gasteiger partial charge < -0.3 is 11.1 Å². The van der Waals surface area contributed by atoms with E-state index in [0.717, 1.165) is 73.0 Å². The lowest BCUT2D eigenvalue weighted by Crippen LogP contribution is -2.06. The molecule has 0 unspecified atom stereocenters. The zero-order valence-corrected chi connectivity index (χ0v) is 21.9. The average Bonchev–Trinajstić information content (AvgIpc) is 2.88. The van der Waals surface area contributed by atoms with E-state index < -0.39 is 0 Å². The Kier molecular flexibility index (Phi) is 8.04. The van der Waals surface area contributed by atoms with Crippen molar-refractivity contribution in [3.63, 3.8) is 0 Å². The molecule has 182 valence electrons. The molecule has 0 radical (unpaired) electrons. The van der Waals surface area contributed by atoms with E-state index in [0.29, 0.717) is 0 Å². The molecule has 2 aromatic heterocycles. The van der Waals surface area contributed by atoms with E-state index in [1.165, 1.54) is 5.56 Å². The van der Waals surface area contributed by atoms with Crippen LogP contribution in [0, 0.1) is 0 Å². The van der Waals surface area contributed by atoms with Crippen molar-refractivity contribution in [3.05, 3.63) is 96.6 Å². The van der Waals surface area contributed by atoms with Gasteiger partial charge in [-0.15, -0.1) is 24.8 Å². The predicted octanol–water partition coefficient (Wildman–Crippen LogP) is 7.86. The van der Waals surface area contributed by atoms with E-state index in [-0.39, 0.29) is 24.8 Å². The Morgan fingerprint density at radius 3 is 1.86 bits per heavy atom. The first-order chi connectivity index (χ1) is 16.8. The second-order valence-electron chi connectivity index (χ2n) is 8.36. The van der Waals surface area contributed by atoms with Crippen LogP contribution in [0.4, 0.5) is 11.4 Å². The van der Waals surface area contributed by atoms with Crippen LogP contribution in [0.1, 0.15) is 5.56 Å². The summed E-state index contributed by atoms with van der Waals surface area (Å²) >= 11 is 1.90. The average molecular weight is 534 g/mol. The number of aromatic nitrogens is 2. The van der Waals surface area contributed by atoms with Crippen molar-refractivity contribution < 1.29 is 0 Å². The molecule has 0 fully saturated rings. The van der Waals surface area contributed by atoms with Crippen LogP contribution in [0.15, 0.2) is 91.0 Å². The van der Waals surface area contributed by atoms with Gasteiger partial charge in [0.2, 0.25) is 0 Å². The molecule has 6 rings (SSSR count). The van der Waals surface area contributed by atoms with Gasteiger partial charge in [-0.1, -0.05) is 72.8 Å². The molecule has 3 N–H and O–H groups in total. The van der Waals surface area contributed by atoms with Crippen LogP contribution in [0.2, 0.25) is 0 Å². The number of fused-ring (bicyclic) bond motifs is 4. The zero-order chi connectivity index (χ0) is 22.9. The van der Waals surface area contributed by atoms with Gasteiger partial charge in [0.25, 0.3) is 0 Å². The second-order valence-corrected chi connectivity index (χ2v) is 9.46. The summed E-state index contributed by atoms with van der Waals surface area (Å²) in [6.07, 6.45) is 0. The summed E-state index contributed by atoms with van der Waals surface area (Å²) in [6.45, 7) is 0.867. The van der Waals surface area contributed by atoms with Crippen LogP contribution < -0.4 is 11.1 Å². The third kappa shape index (κ3) is 4.74. The fourth-order valence-electron chi connectivity index (χ4n) is 4.58. The van der Waals surface area contributed by atoms with Crippen molar-refractivity contribution in [2.24, 2.45) is 0 Å². The molecule has 4 aromatic carbocycles. The van der Waals surface area contributed by atoms with Crippen molar-refractivity contribution >= 4 is 91.6 Å². The number of nitrogens with one attached hydrogen (secondary N) is 1. The SMILES string of the molecule is Cl.Cl.Nc1c2ccccc2nc2c(CSCCNc3c4ccccc4nc4ccccc34)cccc12. The number of nitrogen functional groups attached to an aromatic ring is 1. The lowest BCUT2D eigenvalue weighted by Gasteiger charge is -2.13. The number of nitrogens with two attached hydrogens (primary N) is 1. The van der Waals surface area contributed by atoms with E-state index in [4.69, 9.17) is 15.7 Å². The van der Waals surface area contributed by atoms with E-state index in [1.54, 1.807) is 0 Å². The number of nitrogens with zero attached hydrogens (tertiary/aromatic N) is 2. The molecule has 7 heteroatoms. The molecule has 0 saturated carbocycles. The highest BCUT2D eigenvalue weighted by Crippen LogP contribution is 2.32. The predicted molar refractivity (Wildman–Crippen MR) is 162 cm³/mol. The number of hydrogen-bond donors (Lipinski definition) is 2. The molecule has 2 heterocycles. The van der Waals surface area contributed by atoms with Crippen LogP contribution in [-0.2, 0) is 5.75 Å². The third-order valence-electron chi connectivity index (χ3n) is 6.23. The summed E-state index contributed by atoms with van der Waals surface area (Å²) in [5.74, 6) is 1.87. The van der Waals surface area contributed by atoms with Gasteiger partial charge >= 0.3 is 0 Å². The van der Waals surface area contributed by atoms with E-state index in [1.807, 2.05) is 48.2 Å². The molecular formula is C29H26Cl2N4S. The van der Waals surface area contributed by atoms with E-state index in [9.17, 15) is 0 Å². The Bertz CT molecular complexity index is 1620. The van der Waals surface area contributed by atoms with Crippen molar-refractivity contribution in [3.8, 4) is 0 Å². The van der Waals surface area contributed by atoms with E-state index >= 15 is 0 Å². The van der Waals surface area contributed by atoms with Gasteiger partial charge in [0.1, 0.15) is 0 Å². The van der Waals surface area contributed by atoms with Crippen molar-refractivity contribution in [1.29, 1.82) is 0 Å². The highest BCUT2D eigenvalue weighted by Gasteiger charge is 2.10. The number of rotatable bonds is 6. The Morgan fingerprint density at radius 2 is 1.19 bits per heavy atom. The van der Waals surface area contributed by atoms with E-state index in [2.05, 4.69) is 59.9 Å². The summed E-state index contributed by atoms with van der Waals surface area (Å²) in [5, 5.41) is 8.06. The molecule has 0 bridgehead atoms. The van der Waals surface area contributed by atoms with Crippen LogP contribution in [0.5, 0.6) is 0 Å². The highest BCUT2D eigenvalue weighted by atomic mass is 35.5. The molecule has 0 atom stereocenters. The van der Waals surface area contributed by atoms with Crippen LogP contribution in [-0.4, -0.2) is 22.3 Å². The minimum atomic E-state index is 0. The van der Waals surface area contributed by atoms with Crippen LogP contribution in [0.25, 0.3) is 43.6 Å². The Balaban J connectivity index is 0.00000152. The smallest absolute Gasteiger partial charge is 0.0770 e. The zero-order valence-electron chi connectivity index (χ0n) is 19.5. The molecule has 36 heavy (non-hydrogen) atoms. The molecule has 0 amide bonds. The van der Waals surface area contributed by atoms with Crippen LogP contribution >= 0.6 is 36.6 Å². The Labute approximate surface area is 226 Å². The summed E-state index contributed by atoms with van der Waals surface area (Å²) in [5.41, 5.74) is 13.7. The van der Waals surface area contributed by atoms with Gasteiger partial charge in [-0.2, -0.15) is 11.8 Å². The summed E-state index contributed by atoms with van der Waals surface area (Å²) in [6, 6.07) is 31.0. The van der Waals surface area contributed by atoms with Gasteiger partial charge in [-0.25, -0.2) is 9.97 Å². The molecule has 0 saturated heterocycles. The fraction of sp³-hybridized carbons (Fsp3) is 0.103. The van der Waals surface area contributed by atoms with Gasteiger partial charge in [0.15, 0.2) is 0 Å². The quantitative estimate of drug-likeness (QED) is 0.169. The van der Waals surface area contributed by atoms with Crippen molar-refractivity contribution in [1.82, 2.24) is 9.97 Å². The fourth-order valence-corrected chi connectivity index (χ4v) is 5.43. The van der Waals surface area contributed by atoms with Crippen molar-refractivity contribution in [2.45, 2.75) is 5.75 Å². The van der Waals surface area contributed by atoms with Crippen LogP contribution in [0.3, 0.4) is 0 Å². The molecule has 6 aromatic rings. The first-order valence-electron chi connectivity index (χ1n) is 11.4. The molecule has 0 aliphatic heterocycles. The number of halogens is 2. The molecular weight excluding hydrogens is 507 g/mol. The maximum absolute atomic E-state index is 6.49. The largest absolute Gasteiger partial charge is 0.398 e. The molecule has 4 nitrogen and oxygen atoms in total. The summed E-state index contributed by atoms with van der Waals surface area (Å²) in [4.78, 5) is 9.76. The monoisotopic (exact) mass is 532 g/mol. The van der Waals surface area contributed by atoms with Gasteiger partial charge in [-0.05, 0) is 23.8 Å². The number of anilines is 2. The molecule has 0 spiro atoms. The van der Waals surface area contributed by atoms with Crippen molar-refractivity contribution in [2.75, 3.05) is 23.3 Å². The number of hydrogen-bond acceptors (Lipinski definition) is 5. The first kappa shape index (κ1) is 25.8. The standard InChI is InChI=1S/C29H24N4S.2ClH/c30-27-20-9-1-4-13-24(20)33-28-19(8-7-12-23(27)28)18-34-17-16-31-29-21-10-2-5-14-25(21)32-26-15-6-3-11-22(26)29;;/h1-15H,16-18H2,(H2,30,33)(H,31,32);2*1H. The van der Waals surface area contributed by atoms with Gasteiger partial charge in [-0.3, -0.25) is 0 Å². The molecule has 0 aliphatic rings. The highest BCUT2D eigenvalue weighted by molar-refractivity contribution is 7.98. The maximum Gasteiger partial charge on any atom is 0.0770 e. The normalized spacial score (nSPS) is 10.9. The number of para-hydroxylation sites is 4. The number of thioether (sulfide) groups is 1. The van der Waals surface area contributed by atoms with Gasteiger partial charge in [0, 0.05) is 39.6 Å². The topological polar surface area (TPSA) is 63.8 Å². The second kappa shape index (κ2) is 11.2.